The van der Waals surface area contributed by atoms with Crippen molar-refractivity contribution in [3.63, 3.8) is 0 Å². The van der Waals surface area contributed by atoms with Crippen molar-refractivity contribution in [3.8, 4) is 5.75 Å². The first kappa shape index (κ1) is 24.5. The molecule has 1 unspecified atom stereocenters. The van der Waals surface area contributed by atoms with Gasteiger partial charge >= 0.3 is 0 Å². The molecular formula is C25H36IN5O. The molecule has 6 nitrogen and oxygen atoms in total. The van der Waals surface area contributed by atoms with E-state index in [1.807, 2.05) is 12.1 Å². The maximum Gasteiger partial charge on any atom is 0.194 e. The lowest BCUT2D eigenvalue weighted by molar-refractivity contribution is 0.371. The average molecular weight is 550 g/mol. The molecule has 2 aliphatic rings. The number of anilines is 2. The zero-order valence-electron chi connectivity index (χ0n) is 19.2. The standard InChI is InChI=1S/C25H35N5O.HI/c1-3-26-25(29-17-15-28(16-18-29)22-9-5-4-6-10-22)27-19-21-13-14-30(20-21)23-11-7-8-12-24(23)31-2;/h4-12,21H,3,13-20H2,1-2H3,(H,26,27);1H. The maximum atomic E-state index is 5.55. The highest BCUT2D eigenvalue weighted by atomic mass is 127. The van der Waals surface area contributed by atoms with Crippen LogP contribution in [0.1, 0.15) is 13.3 Å². The number of halogens is 1. The van der Waals surface area contributed by atoms with E-state index in [2.05, 4.69) is 69.4 Å². The maximum absolute atomic E-state index is 5.55. The van der Waals surface area contributed by atoms with E-state index >= 15 is 0 Å². The van der Waals surface area contributed by atoms with E-state index in [9.17, 15) is 0 Å². The van der Waals surface area contributed by atoms with Crippen LogP contribution in [0.4, 0.5) is 11.4 Å². The Kier molecular flexibility index (Phi) is 9.32. The normalized spacial score (nSPS) is 19.0. The predicted octanol–water partition coefficient (Wildman–Crippen LogP) is 3.93. The molecule has 174 valence electrons. The van der Waals surface area contributed by atoms with Crippen LogP contribution >= 0.6 is 24.0 Å². The van der Waals surface area contributed by atoms with E-state index in [0.29, 0.717) is 5.92 Å². The lowest BCUT2D eigenvalue weighted by Crippen LogP contribution is -2.52. The molecule has 0 spiro atoms. The van der Waals surface area contributed by atoms with Crippen LogP contribution in [0.3, 0.4) is 0 Å². The van der Waals surface area contributed by atoms with Crippen LogP contribution in [-0.2, 0) is 0 Å². The molecule has 2 fully saturated rings. The largest absolute Gasteiger partial charge is 0.495 e. The number of nitrogens with zero attached hydrogens (tertiary/aromatic N) is 4. The molecule has 2 aliphatic heterocycles. The first-order valence-corrected chi connectivity index (χ1v) is 11.5. The molecular weight excluding hydrogens is 513 g/mol. The first-order valence-electron chi connectivity index (χ1n) is 11.5. The van der Waals surface area contributed by atoms with Gasteiger partial charge in [-0.2, -0.15) is 0 Å². The number of benzene rings is 2. The quantitative estimate of drug-likeness (QED) is 0.336. The molecule has 7 heteroatoms. The van der Waals surface area contributed by atoms with Gasteiger partial charge in [0.2, 0.25) is 0 Å². The average Bonchev–Trinajstić information content (AvgIpc) is 3.31. The summed E-state index contributed by atoms with van der Waals surface area (Å²) in [5, 5.41) is 3.52. The van der Waals surface area contributed by atoms with Crippen LogP contribution in [-0.4, -0.2) is 70.3 Å². The highest BCUT2D eigenvalue weighted by molar-refractivity contribution is 14.0. The molecule has 32 heavy (non-hydrogen) atoms. The van der Waals surface area contributed by atoms with Crippen molar-refractivity contribution in [1.82, 2.24) is 10.2 Å². The van der Waals surface area contributed by atoms with Crippen molar-refractivity contribution in [2.45, 2.75) is 13.3 Å². The van der Waals surface area contributed by atoms with E-state index in [0.717, 1.165) is 64.1 Å². The molecule has 0 saturated carbocycles. The molecule has 1 N–H and O–H groups in total. The number of aliphatic imine (C=N–C) groups is 1. The molecule has 2 aromatic carbocycles. The summed E-state index contributed by atoms with van der Waals surface area (Å²) >= 11 is 0. The smallest absolute Gasteiger partial charge is 0.194 e. The second-order valence-electron chi connectivity index (χ2n) is 8.28. The Labute approximate surface area is 209 Å². The van der Waals surface area contributed by atoms with E-state index in [1.54, 1.807) is 7.11 Å². The van der Waals surface area contributed by atoms with Crippen LogP contribution in [0.25, 0.3) is 0 Å². The number of para-hydroxylation sites is 3. The second-order valence-corrected chi connectivity index (χ2v) is 8.28. The third kappa shape index (κ3) is 5.99. The molecule has 4 rings (SSSR count). The van der Waals surface area contributed by atoms with Gasteiger partial charge in [-0.3, -0.25) is 4.99 Å². The van der Waals surface area contributed by atoms with Crippen molar-refractivity contribution in [1.29, 1.82) is 0 Å². The molecule has 0 amide bonds. The third-order valence-electron chi connectivity index (χ3n) is 6.25. The molecule has 0 radical (unpaired) electrons. The summed E-state index contributed by atoms with van der Waals surface area (Å²) in [6.45, 7) is 10.1. The number of hydrogen-bond donors (Lipinski definition) is 1. The van der Waals surface area contributed by atoms with E-state index in [4.69, 9.17) is 9.73 Å². The second kappa shape index (κ2) is 12.2. The van der Waals surface area contributed by atoms with Gasteiger partial charge in [0, 0.05) is 58.0 Å². The predicted molar refractivity (Wildman–Crippen MR) is 145 cm³/mol. The summed E-state index contributed by atoms with van der Waals surface area (Å²) in [6, 6.07) is 19.0. The van der Waals surface area contributed by atoms with E-state index < -0.39 is 0 Å². The highest BCUT2D eigenvalue weighted by Gasteiger charge is 2.25. The summed E-state index contributed by atoms with van der Waals surface area (Å²) < 4.78 is 5.55. The van der Waals surface area contributed by atoms with Crippen LogP contribution < -0.4 is 19.9 Å². The van der Waals surface area contributed by atoms with E-state index in [-0.39, 0.29) is 24.0 Å². The van der Waals surface area contributed by atoms with Crippen molar-refractivity contribution < 1.29 is 4.74 Å². The molecule has 1 atom stereocenters. The highest BCUT2D eigenvalue weighted by Crippen LogP contribution is 2.32. The van der Waals surface area contributed by atoms with E-state index in [1.165, 1.54) is 17.8 Å². The molecule has 0 aromatic heterocycles. The molecule has 0 bridgehead atoms. The fourth-order valence-electron chi connectivity index (χ4n) is 4.55. The Hall–Kier alpha value is -2.16. The van der Waals surface area contributed by atoms with Gasteiger partial charge in [-0.05, 0) is 43.5 Å². The SMILES string of the molecule is CCNC(=NCC1CCN(c2ccccc2OC)C1)N1CCN(c2ccccc2)CC1.I. The van der Waals surface area contributed by atoms with Gasteiger partial charge in [-0.25, -0.2) is 0 Å². The van der Waals surface area contributed by atoms with Crippen LogP contribution in [0.2, 0.25) is 0 Å². The minimum atomic E-state index is 0. The van der Waals surface area contributed by atoms with Gasteiger partial charge in [0.15, 0.2) is 5.96 Å². The number of piperazine rings is 1. The van der Waals surface area contributed by atoms with Gasteiger partial charge in [0.25, 0.3) is 0 Å². The molecule has 2 heterocycles. The number of ether oxygens (including phenoxy) is 1. The minimum Gasteiger partial charge on any atom is -0.495 e. The molecule has 0 aliphatic carbocycles. The Bertz CT molecular complexity index is 854. The van der Waals surface area contributed by atoms with Gasteiger partial charge in [-0.1, -0.05) is 30.3 Å². The van der Waals surface area contributed by atoms with Gasteiger partial charge in [-0.15, -0.1) is 24.0 Å². The van der Waals surface area contributed by atoms with Crippen LogP contribution in [0, 0.1) is 5.92 Å². The summed E-state index contributed by atoms with van der Waals surface area (Å²) in [4.78, 5) is 12.4. The number of nitrogens with one attached hydrogen (secondary N) is 1. The van der Waals surface area contributed by atoms with Crippen molar-refractivity contribution in [2.24, 2.45) is 10.9 Å². The van der Waals surface area contributed by atoms with Gasteiger partial charge < -0.3 is 24.8 Å². The van der Waals surface area contributed by atoms with Crippen LogP contribution in [0.5, 0.6) is 5.75 Å². The lowest BCUT2D eigenvalue weighted by atomic mass is 10.1. The third-order valence-corrected chi connectivity index (χ3v) is 6.25. The van der Waals surface area contributed by atoms with Crippen molar-refractivity contribution in [2.75, 3.05) is 69.3 Å². The monoisotopic (exact) mass is 549 g/mol. The minimum absolute atomic E-state index is 0. The number of guanidine groups is 1. The zero-order chi connectivity index (χ0) is 21.5. The van der Waals surface area contributed by atoms with Gasteiger partial charge in [0.1, 0.15) is 5.75 Å². The topological polar surface area (TPSA) is 43.3 Å². The summed E-state index contributed by atoms with van der Waals surface area (Å²) in [5.41, 5.74) is 2.51. The summed E-state index contributed by atoms with van der Waals surface area (Å²) in [6.07, 6.45) is 1.17. The number of hydrogen-bond acceptors (Lipinski definition) is 4. The van der Waals surface area contributed by atoms with Gasteiger partial charge in [0.05, 0.1) is 12.8 Å². The fraction of sp³-hybridized carbons (Fsp3) is 0.480. The summed E-state index contributed by atoms with van der Waals surface area (Å²) in [5.74, 6) is 2.59. The fourth-order valence-corrected chi connectivity index (χ4v) is 4.55. The van der Waals surface area contributed by atoms with Crippen molar-refractivity contribution in [3.05, 3.63) is 54.6 Å². The Morgan fingerprint density at radius 3 is 2.41 bits per heavy atom. The lowest BCUT2D eigenvalue weighted by Gasteiger charge is -2.37. The Balaban J connectivity index is 0.00000289. The molecule has 2 saturated heterocycles. The molecule has 2 aromatic rings. The first-order chi connectivity index (χ1) is 15.3. The van der Waals surface area contributed by atoms with Crippen LogP contribution in [0.15, 0.2) is 59.6 Å². The summed E-state index contributed by atoms with van der Waals surface area (Å²) in [7, 11) is 1.75. The Morgan fingerprint density at radius 1 is 0.969 bits per heavy atom. The Morgan fingerprint density at radius 2 is 1.69 bits per heavy atom. The zero-order valence-corrected chi connectivity index (χ0v) is 21.6. The number of methoxy groups -OCH3 is 1. The number of rotatable bonds is 6. The van der Waals surface area contributed by atoms with Crippen molar-refractivity contribution >= 4 is 41.3 Å².